The van der Waals surface area contributed by atoms with Crippen molar-refractivity contribution in [2.24, 2.45) is 11.8 Å². The molecule has 1 aliphatic rings. The highest BCUT2D eigenvalue weighted by molar-refractivity contribution is 9.09. The molecule has 0 saturated carbocycles. The topological polar surface area (TPSA) is 3.24 Å². The molecule has 0 aromatic rings. The molecule has 0 N–H and O–H groups in total. The molecular formula is C9H18BrN. The lowest BCUT2D eigenvalue weighted by atomic mass is 10.2. The van der Waals surface area contributed by atoms with Crippen LogP contribution in [0.1, 0.15) is 20.3 Å². The smallest absolute Gasteiger partial charge is 0.00723 e. The van der Waals surface area contributed by atoms with Crippen molar-refractivity contribution in [3.05, 3.63) is 0 Å². The van der Waals surface area contributed by atoms with Crippen molar-refractivity contribution in [3.63, 3.8) is 0 Å². The Labute approximate surface area is 78.3 Å². The summed E-state index contributed by atoms with van der Waals surface area (Å²) >= 11 is 3.54. The summed E-state index contributed by atoms with van der Waals surface area (Å²) in [5.74, 6) is 1.73. The first-order chi connectivity index (χ1) is 5.22. The highest BCUT2D eigenvalue weighted by Gasteiger charge is 2.21. The van der Waals surface area contributed by atoms with E-state index >= 15 is 0 Å². The average Bonchev–Trinajstić information content (AvgIpc) is 2.34. The molecular weight excluding hydrogens is 202 g/mol. The molecule has 0 aliphatic carbocycles. The first kappa shape index (κ1) is 9.53. The quantitative estimate of drug-likeness (QED) is 0.660. The van der Waals surface area contributed by atoms with Crippen LogP contribution in [0, 0.1) is 11.8 Å². The molecule has 2 heteroatoms. The number of likely N-dealkylation sites (tertiary alicyclic amines) is 1. The summed E-state index contributed by atoms with van der Waals surface area (Å²) in [5, 5.41) is 1.18. The molecule has 1 nitrogen and oxygen atoms in total. The van der Waals surface area contributed by atoms with Crippen LogP contribution in [-0.4, -0.2) is 29.9 Å². The van der Waals surface area contributed by atoms with Crippen LogP contribution in [0.5, 0.6) is 0 Å². The number of rotatable bonds is 3. The molecule has 0 amide bonds. The van der Waals surface area contributed by atoms with E-state index in [1.807, 2.05) is 0 Å². The van der Waals surface area contributed by atoms with Gasteiger partial charge in [0.15, 0.2) is 0 Å². The maximum Gasteiger partial charge on any atom is 0.00723 e. The van der Waals surface area contributed by atoms with Gasteiger partial charge in [0, 0.05) is 18.4 Å². The van der Waals surface area contributed by atoms with Gasteiger partial charge < -0.3 is 4.90 Å². The van der Waals surface area contributed by atoms with Gasteiger partial charge in [0.25, 0.3) is 0 Å². The maximum absolute atomic E-state index is 3.54. The van der Waals surface area contributed by atoms with Gasteiger partial charge in [-0.3, -0.25) is 0 Å². The van der Waals surface area contributed by atoms with E-state index in [0.717, 1.165) is 11.8 Å². The Balaban J connectivity index is 2.19. The molecule has 0 radical (unpaired) electrons. The third-order valence-corrected chi connectivity index (χ3v) is 3.13. The molecule has 1 rings (SSSR count). The highest BCUT2D eigenvalue weighted by Crippen LogP contribution is 2.18. The van der Waals surface area contributed by atoms with Crippen molar-refractivity contribution in [3.8, 4) is 0 Å². The zero-order valence-corrected chi connectivity index (χ0v) is 9.10. The lowest BCUT2D eigenvalue weighted by molar-refractivity contribution is 0.290. The second kappa shape index (κ2) is 4.46. The Kier molecular flexibility index (Phi) is 3.86. The molecule has 11 heavy (non-hydrogen) atoms. The largest absolute Gasteiger partial charge is 0.303 e. The minimum absolute atomic E-state index is 0.823. The number of nitrogens with zero attached hydrogens (tertiary/aromatic N) is 1. The van der Waals surface area contributed by atoms with Crippen molar-refractivity contribution in [2.75, 3.05) is 25.0 Å². The lowest BCUT2D eigenvalue weighted by Gasteiger charge is -2.17. The monoisotopic (exact) mass is 219 g/mol. The summed E-state index contributed by atoms with van der Waals surface area (Å²) in [7, 11) is 0. The maximum atomic E-state index is 3.54. The molecule has 0 aromatic carbocycles. The molecule has 1 unspecified atom stereocenters. The van der Waals surface area contributed by atoms with Crippen molar-refractivity contribution >= 4 is 15.9 Å². The predicted octanol–water partition coefficient (Wildman–Crippen LogP) is 2.36. The first-order valence-corrected chi connectivity index (χ1v) is 5.63. The molecule has 66 valence electrons. The van der Waals surface area contributed by atoms with Gasteiger partial charge in [-0.1, -0.05) is 29.8 Å². The molecule has 1 atom stereocenters. The average molecular weight is 220 g/mol. The van der Waals surface area contributed by atoms with Crippen molar-refractivity contribution < 1.29 is 0 Å². The zero-order chi connectivity index (χ0) is 8.27. The fourth-order valence-corrected chi connectivity index (χ4v) is 2.25. The Bertz CT molecular complexity index is 114. The molecule has 0 spiro atoms. The van der Waals surface area contributed by atoms with Crippen LogP contribution < -0.4 is 0 Å². The van der Waals surface area contributed by atoms with E-state index in [4.69, 9.17) is 0 Å². The van der Waals surface area contributed by atoms with Crippen LogP contribution in [0.3, 0.4) is 0 Å². The summed E-state index contributed by atoms with van der Waals surface area (Å²) in [6.45, 7) is 8.49. The second-order valence-corrected chi connectivity index (χ2v) is 4.61. The lowest BCUT2D eigenvalue weighted by Crippen LogP contribution is -2.25. The predicted molar refractivity (Wildman–Crippen MR) is 53.2 cm³/mol. The Hall–Kier alpha value is 0.440. The van der Waals surface area contributed by atoms with E-state index in [1.165, 1.54) is 31.4 Å². The van der Waals surface area contributed by atoms with Gasteiger partial charge in [-0.25, -0.2) is 0 Å². The third kappa shape index (κ3) is 3.12. The normalized spacial score (nSPS) is 26.7. The molecule has 0 aromatic heterocycles. The van der Waals surface area contributed by atoms with Gasteiger partial charge in [-0.05, 0) is 24.8 Å². The fourth-order valence-electron chi connectivity index (χ4n) is 1.72. The van der Waals surface area contributed by atoms with E-state index < -0.39 is 0 Å². The minimum atomic E-state index is 0.823. The van der Waals surface area contributed by atoms with Gasteiger partial charge in [0.2, 0.25) is 0 Å². The van der Waals surface area contributed by atoms with Gasteiger partial charge in [-0.2, -0.15) is 0 Å². The van der Waals surface area contributed by atoms with Gasteiger partial charge in [0.1, 0.15) is 0 Å². The van der Waals surface area contributed by atoms with Crippen LogP contribution in [0.15, 0.2) is 0 Å². The van der Waals surface area contributed by atoms with E-state index in [2.05, 4.69) is 34.7 Å². The van der Waals surface area contributed by atoms with Crippen LogP contribution in [-0.2, 0) is 0 Å². The van der Waals surface area contributed by atoms with Gasteiger partial charge in [0.05, 0.1) is 0 Å². The second-order valence-electron chi connectivity index (χ2n) is 3.96. The van der Waals surface area contributed by atoms with Crippen molar-refractivity contribution in [1.82, 2.24) is 4.90 Å². The Morgan fingerprint density at radius 2 is 2.27 bits per heavy atom. The van der Waals surface area contributed by atoms with Crippen LogP contribution in [0.25, 0.3) is 0 Å². The summed E-state index contributed by atoms with van der Waals surface area (Å²) < 4.78 is 0. The Morgan fingerprint density at radius 3 is 2.73 bits per heavy atom. The van der Waals surface area contributed by atoms with Crippen LogP contribution in [0.4, 0.5) is 0 Å². The summed E-state index contributed by atoms with van der Waals surface area (Å²) in [6, 6.07) is 0. The summed E-state index contributed by atoms with van der Waals surface area (Å²) in [4.78, 5) is 2.58. The summed E-state index contributed by atoms with van der Waals surface area (Å²) in [6.07, 6.45) is 1.39. The molecule has 1 fully saturated rings. The molecule has 1 aliphatic heterocycles. The number of hydrogen-bond donors (Lipinski definition) is 0. The zero-order valence-electron chi connectivity index (χ0n) is 7.52. The fraction of sp³-hybridized carbons (Fsp3) is 1.00. The summed E-state index contributed by atoms with van der Waals surface area (Å²) in [5.41, 5.74) is 0. The third-order valence-electron chi connectivity index (χ3n) is 2.21. The van der Waals surface area contributed by atoms with Gasteiger partial charge >= 0.3 is 0 Å². The molecule has 0 bridgehead atoms. The van der Waals surface area contributed by atoms with Crippen LogP contribution in [0.2, 0.25) is 0 Å². The van der Waals surface area contributed by atoms with E-state index in [1.54, 1.807) is 0 Å². The minimum Gasteiger partial charge on any atom is -0.303 e. The SMILES string of the molecule is CC(C)CN1CCC(CBr)C1. The number of alkyl halides is 1. The van der Waals surface area contributed by atoms with E-state index in [0.29, 0.717) is 0 Å². The van der Waals surface area contributed by atoms with Gasteiger partial charge in [-0.15, -0.1) is 0 Å². The first-order valence-electron chi connectivity index (χ1n) is 4.50. The highest BCUT2D eigenvalue weighted by atomic mass is 79.9. The number of halogens is 1. The van der Waals surface area contributed by atoms with Crippen molar-refractivity contribution in [2.45, 2.75) is 20.3 Å². The van der Waals surface area contributed by atoms with Crippen LogP contribution >= 0.6 is 15.9 Å². The van der Waals surface area contributed by atoms with Crippen molar-refractivity contribution in [1.29, 1.82) is 0 Å². The number of hydrogen-bond acceptors (Lipinski definition) is 1. The molecule has 1 heterocycles. The van der Waals surface area contributed by atoms with E-state index in [9.17, 15) is 0 Å². The standard InChI is InChI=1S/C9H18BrN/c1-8(2)6-11-4-3-9(5-10)7-11/h8-9H,3-7H2,1-2H3. The van der Waals surface area contributed by atoms with E-state index in [-0.39, 0.29) is 0 Å². The Morgan fingerprint density at radius 1 is 1.55 bits per heavy atom. The molecule has 1 saturated heterocycles.